The van der Waals surface area contributed by atoms with Gasteiger partial charge in [-0.15, -0.1) is 0 Å². The molecule has 2 aliphatic heterocycles. The topological polar surface area (TPSA) is 81.1 Å². The van der Waals surface area contributed by atoms with Gasteiger partial charge in [-0.2, -0.15) is 0 Å². The van der Waals surface area contributed by atoms with E-state index in [-0.39, 0.29) is 24.5 Å². The standard InChI is InChI=1S/C23H27N3O4/c1-16-4-2-3-5-18(16)13-24-22(27)14-26-10-8-17(9-11-26)23(28)25-19-6-7-20-21(12-19)30-15-29-20/h2-7,12,17H,8-11,13-15H2,1H3,(H,24,27)(H,25,28)/p+1. The average Bonchev–Trinajstić information content (AvgIpc) is 3.21. The fraction of sp³-hybridized carbons (Fsp3) is 0.391. The Bertz CT molecular complexity index is 922. The van der Waals surface area contributed by atoms with Crippen molar-refractivity contribution >= 4 is 17.5 Å². The van der Waals surface area contributed by atoms with Crippen LogP contribution in [0.4, 0.5) is 5.69 Å². The molecule has 2 aromatic carbocycles. The Hall–Kier alpha value is -3.06. The zero-order chi connectivity index (χ0) is 20.9. The number of nitrogens with one attached hydrogen (secondary N) is 3. The minimum Gasteiger partial charge on any atom is -0.454 e. The van der Waals surface area contributed by atoms with Crippen molar-refractivity contribution in [2.75, 3.05) is 31.7 Å². The summed E-state index contributed by atoms with van der Waals surface area (Å²) >= 11 is 0. The fourth-order valence-electron chi connectivity index (χ4n) is 3.98. The third-order valence-corrected chi connectivity index (χ3v) is 5.85. The van der Waals surface area contributed by atoms with E-state index in [4.69, 9.17) is 9.47 Å². The number of carbonyl (C=O) groups excluding carboxylic acids is 2. The molecule has 0 bridgehead atoms. The Balaban J connectivity index is 1.20. The molecule has 0 aromatic heterocycles. The molecule has 0 saturated carbocycles. The van der Waals surface area contributed by atoms with Gasteiger partial charge in [0.1, 0.15) is 0 Å². The number of amides is 2. The Labute approximate surface area is 176 Å². The number of carbonyl (C=O) groups is 2. The van der Waals surface area contributed by atoms with E-state index >= 15 is 0 Å². The molecule has 7 heteroatoms. The van der Waals surface area contributed by atoms with Gasteiger partial charge in [-0.1, -0.05) is 24.3 Å². The molecule has 2 aliphatic rings. The molecule has 4 rings (SSSR count). The monoisotopic (exact) mass is 410 g/mol. The lowest BCUT2D eigenvalue weighted by Gasteiger charge is -2.28. The minimum absolute atomic E-state index is 0.0249. The summed E-state index contributed by atoms with van der Waals surface area (Å²) < 4.78 is 10.7. The Morgan fingerprint density at radius 1 is 1.07 bits per heavy atom. The average molecular weight is 410 g/mol. The second kappa shape index (κ2) is 9.17. The SMILES string of the molecule is Cc1ccccc1CNC(=O)C[NH+]1CCC(C(=O)Nc2ccc3c(c2)OCO3)CC1. The number of anilines is 1. The molecule has 1 fully saturated rings. The van der Waals surface area contributed by atoms with E-state index in [0.717, 1.165) is 37.2 Å². The number of ether oxygens (including phenoxy) is 2. The van der Waals surface area contributed by atoms with E-state index in [1.54, 1.807) is 12.1 Å². The van der Waals surface area contributed by atoms with E-state index in [2.05, 4.69) is 10.6 Å². The molecule has 30 heavy (non-hydrogen) atoms. The zero-order valence-corrected chi connectivity index (χ0v) is 17.2. The number of piperidine rings is 1. The van der Waals surface area contributed by atoms with Gasteiger partial charge in [0.25, 0.3) is 5.91 Å². The van der Waals surface area contributed by atoms with E-state index in [9.17, 15) is 9.59 Å². The van der Waals surface area contributed by atoms with Crippen LogP contribution in [0.3, 0.4) is 0 Å². The van der Waals surface area contributed by atoms with Crippen molar-refractivity contribution in [1.82, 2.24) is 5.32 Å². The number of aryl methyl sites for hydroxylation is 1. The van der Waals surface area contributed by atoms with Crippen molar-refractivity contribution in [3.63, 3.8) is 0 Å². The number of benzene rings is 2. The summed E-state index contributed by atoms with van der Waals surface area (Å²) in [5, 5.41) is 5.99. The van der Waals surface area contributed by atoms with Crippen molar-refractivity contribution in [1.29, 1.82) is 0 Å². The normalized spacial score (nSPS) is 19.9. The molecular formula is C23H28N3O4+. The van der Waals surface area contributed by atoms with Crippen LogP contribution in [0.5, 0.6) is 11.5 Å². The fourth-order valence-corrected chi connectivity index (χ4v) is 3.98. The van der Waals surface area contributed by atoms with Crippen LogP contribution in [0.2, 0.25) is 0 Å². The molecule has 0 unspecified atom stereocenters. The van der Waals surface area contributed by atoms with Gasteiger partial charge in [-0.05, 0) is 30.2 Å². The van der Waals surface area contributed by atoms with Crippen molar-refractivity contribution in [2.24, 2.45) is 5.92 Å². The molecule has 0 radical (unpaired) electrons. The first-order chi connectivity index (χ1) is 14.6. The summed E-state index contributed by atoms with van der Waals surface area (Å²) in [7, 11) is 0. The maximum atomic E-state index is 12.6. The van der Waals surface area contributed by atoms with Gasteiger partial charge < -0.3 is 25.0 Å². The van der Waals surface area contributed by atoms with Crippen LogP contribution in [0.1, 0.15) is 24.0 Å². The largest absolute Gasteiger partial charge is 0.454 e. The zero-order valence-electron chi connectivity index (χ0n) is 17.2. The van der Waals surface area contributed by atoms with Crippen molar-refractivity contribution < 1.29 is 24.0 Å². The Morgan fingerprint density at radius 3 is 2.63 bits per heavy atom. The molecule has 158 valence electrons. The Morgan fingerprint density at radius 2 is 1.83 bits per heavy atom. The first-order valence-corrected chi connectivity index (χ1v) is 10.4. The van der Waals surface area contributed by atoms with E-state index in [0.29, 0.717) is 24.6 Å². The Kier molecular flexibility index (Phi) is 6.18. The van der Waals surface area contributed by atoms with Gasteiger partial charge in [0, 0.05) is 37.1 Å². The van der Waals surface area contributed by atoms with Gasteiger partial charge in [0.05, 0.1) is 13.1 Å². The third-order valence-electron chi connectivity index (χ3n) is 5.85. The maximum Gasteiger partial charge on any atom is 0.275 e. The highest BCUT2D eigenvalue weighted by atomic mass is 16.7. The quantitative estimate of drug-likeness (QED) is 0.670. The maximum absolute atomic E-state index is 12.6. The van der Waals surface area contributed by atoms with Crippen LogP contribution in [-0.2, 0) is 16.1 Å². The highest BCUT2D eigenvalue weighted by molar-refractivity contribution is 5.93. The molecule has 0 aliphatic carbocycles. The molecule has 1 saturated heterocycles. The van der Waals surface area contributed by atoms with E-state index in [1.807, 2.05) is 37.3 Å². The summed E-state index contributed by atoms with van der Waals surface area (Å²) in [4.78, 5) is 26.2. The molecule has 2 heterocycles. The highest BCUT2D eigenvalue weighted by Gasteiger charge is 2.28. The second-order valence-corrected chi connectivity index (χ2v) is 7.96. The summed E-state index contributed by atoms with van der Waals surface area (Å²) in [6, 6.07) is 13.5. The number of likely N-dealkylation sites (tertiary alicyclic amines) is 1. The number of rotatable bonds is 6. The minimum atomic E-state index is -0.0331. The predicted molar refractivity (Wildman–Crippen MR) is 113 cm³/mol. The number of hydrogen-bond acceptors (Lipinski definition) is 4. The smallest absolute Gasteiger partial charge is 0.275 e. The number of fused-ring (bicyclic) bond motifs is 1. The molecule has 0 atom stereocenters. The van der Waals surface area contributed by atoms with Crippen LogP contribution in [-0.4, -0.2) is 38.2 Å². The van der Waals surface area contributed by atoms with Crippen molar-refractivity contribution in [3.8, 4) is 11.5 Å². The third kappa shape index (κ3) is 4.91. The molecular weight excluding hydrogens is 382 g/mol. The van der Waals surface area contributed by atoms with Gasteiger partial charge in [0.2, 0.25) is 12.7 Å². The molecule has 7 nitrogen and oxygen atoms in total. The molecule has 2 amide bonds. The second-order valence-electron chi connectivity index (χ2n) is 7.96. The van der Waals surface area contributed by atoms with Gasteiger partial charge in [-0.25, -0.2) is 0 Å². The van der Waals surface area contributed by atoms with E-state index < -0.39 is 0 Å². The summed E-state index contributed by atoms with van der Waals surface area (Å²) in [6.07, 6.45) is 1.55. The predicted octanol–water partition coefficient (Wildman–Crippen LogP) is 1.27. The lowest BCUT2D eigenvalue weighted by Crippen LogP contribution is -3.14. The van der Waals surface area contributed by atoms with Crippen LogP contribution < -0.4 is 25.0 Å². The number of hydrogen-bond donors (Lipinski definition) is 3. The van der Waals surface area contributed by atoms with E-state index in [1.165, 1.54) is 10.5 Å². The van der Waals surface area contributed by atoms with Gasteiger partial charge in [-0.3, -0.25) is 9.59 Å². The first kappa shape index (κ1) is 20.2. The van der Waals surface area contributed by atoms with Crippen molar-refractivity contribution in [2.45, 2.75) is 26.3 Å². The first-order valence-electron chi connectivity index (χ1n) is 10.4. The molecule has 3 N–H and O–H groups in total. The van der Waals surface area contributed by atoms with Gasteiger partial charge in [0.15, 0.2) is 18.0 Å². The lowest BCUT2D eigenvalue weighted by molar-refractivity contribution is -0.897. The summed E-state index contributed by atoms with van der Waals surface area (Å²) in [5.41, 5.74) is 3.04. The van der Waals surface area contributed by atoms with Crippen LogP contribution >= 0.6 is 0 Å². The number of quaternary nitrogens is 1. The highest BCUT2D eigenvalue weighted by Crippen LogP contribution is 2.34. The summed E-state index contributed by atoms with van der Waals surface area (Å²) in [6.45, 7) is 4.90. The summed E-state index contributed by atoms with van der Waals surface area (Å²) in [5.74, 6) is 1.40. The van der Waals surface area contributed by atoms with Crippen LogP contribution in [0.25, 0.3) is 0 Å². The lowest BCUT2D eigenvalue weighted by atomic mass is 9.95. The molecule has 2 aromatic rings. The van der Waals surface area contributed by atoms with Crippen molar-refractivity contribution in [3.05, 3.63) is 53.6 Å². The van der Waals surface area contributed by atoms with Gasteiger partial charge >= 0.3 is 0 Å². The molecule has 0 spiro atoms. The van der Waals surface area contributed by atoms with Crippen LogP contribution in [0.15, 0.2) is 42.5 Å². The van der Waals surface area contributed by atoms with Crippen LogP contribution in [0, 0.1) is 12.8 Å².